The SMILES string of the molecule is COc1cc(Br)cc(C2(CN)CC2)c1OC1CC1. The second-order valence-electron chi connectivity index (χ2n) is 5.29. The van der Waals surface area contributed by atoms with Crippen molar-refractivity contribution in [2.45, 2.75) is 37.2 Å². The summed E-state index contributed by atoms with van der Waals surface area (Å²) in [6, 6.07) is 4.11. The molecule has 1 aromatic rings. The fourth-order valence-electron chi connectivity index (χ4n) is 2.32. The fourth-order valence-corrected chi connectivity index (χ4v) is 2.76. The molecule has 0 spiro atoms. The van der Waals surface area contributed by atoms with Crippen LogP contribution in [0.25, 0.3) is 0 Å². The van der Waals surface area contributed by atoms with Crippen molar-refractivity contribution in [3.63, 3.8) is 0 Å². The second kappa shape index (κ2) is 4.42. The lowest BCUT2D eigenvalue weighted by atomic mass is 9.95. The van der Waals surface area contributed by atoms with E-state index in [-0.39, 0.29) is 5.41 Å². The third kappa shape index (κ3) is 2.12. The Morgan fingerprint density at radius 3 is 2.61 bits per heavy atom. The highest BCUT2D eigenvalue weighted by molar-refractivity contribution is 9.10. The summed E-state index contributed by atoms with van der Waals surface area (Å²) in [5.41, 5.74) is 7.27. The Hall–Kier alpha value is -0.740. The van der Waals surface area contributed by atoms with Crippen LogP contribution in [0.2, 0.25) is 0 Å². The number of nitrogens with two attached hydrogens (primary N) is 1. The molecule has 98 valence electrons. The number of halogens is 1. The average molecular weight is 312 g/mol. The number of methoxy groups -OCH3 is 1. The summed E-state index contributed by atoms with van der Waals surface area (Å²) in [5.74, 6) is 1.72. The monoisotopic (exact) mass is 311 g/mol. The lowest BCUT2D eigenvalue weighted by Crippen LogP contribution is -2.21. The Labute approximate surface area is 116 Å². The van der Waals surface area contributed by atoms with Crippen molar-refractivity contribution in [2.75, 3.05) is 13.7 Å². The predicted octanol–water partition coefficient (Wildman–Crippen LogP) is 2.99. The predicted molar refractivity (Wildman–Crippen MR) is 74.3 cm³/mol. The summed E-state index contributed by atoms with van der Waals surface area (Å²) in [5, 5.41) is 0. The van der Waals surface area contributed by atoms with Crippen LogP contribution < -0.4 is 15.2 Å². The normalized spacial score (nSPS) is 20.6. The van der Waals surface area contributed by atoms with Crippen LogP contribution in [0, 0.1) is 0 Å². The number of ether oxygens (including phenoxy) is 2. The lowest BCUT2D eigenvalue weighted by Gasteiger charge is -2.21. The molecule has 3 rings (SSSR count). The maximum absolute atomic E-state index is 6.06. The van der Waals surface area contributed by atoms with E-state index in [0.717, 1.165) is 41.7 Å². The molecule has 0 amide bonds. The molecule has 0 bridgehead atoms. The topological polar surface area (TPSA) is 44.5 Å². The van der Waals surface area contributed by atoms with Gasteiger partial charge in [-0.05, 0) is 37.8 Å². The van der Waals surface area contributed by atoms with Crippen molar-refractivity contribution in [3.05, 3.63) is 22.2 Å². The Kier molecular flexibility index (Phi) is 3.02. The maximum Gasteiger partial charge on any atom is 0.165 e. The molecule has 2 N–H and O–H groups in total. The van der Waals surface area contributed by atoms with Gasteiger partial charge >= 0.3 is 0 Å². The highest BCUT2D eigenvalue weighted by atomic mass is 79.9. The van der Waals surface area contributed by atoms with Gasteiger partial charge in [-0.1, -0.05) is 15.9 Å². The molecule has 3 nitrogen and oxygen atoms in total. The maximum atomic E-state index is 6.06. The van der Waals surface area contributed by atoms with Crippen LogP contribution in [0.15, 0.2) is 16.6 Å². The molecule has 2 aliphatic rings. The largest absolute Gasteiger partial charge is 0.493 e. The van der Waals surface area contributed by atoms with Gasteiger partial charge in [-0.25, -0.2) is 0 Å². The molecule has 2 saturated carbocycles. The molecule has 0 radical (unpaired) electrons. The van der Waals surface area contributed by atoms with Crippen LogP contribution in [0.3, 0.4) is 0 Å². The molecule has 2 fully saturated rings. The number of rotatable bonds is 5. The Bertz CT molecular complexity index is 467. The Morgan fingerprint density at radius 1 is 1.39 bits per heavy atom. The van der Waals surface area contributed by atoms with Gasteiger partial charge in [-0.2, -0.15) is 0 Å². The molecule has 2 aliphatic carbocycles. The van der Waals surface area contributed by atoms with Crippen molar-refractivity contribution < 1.29 is 9.47 Å². The molecule has 0 unspecified atom stereocenters. The standard InChI is InChI=1S/C14H18BrNO2/c1-17-12-7-9(15)6-11(14(8-16)4-5-14)13(12)18-10-2-3-10/h6-7,10H,2-5,8,16H2,1H3. The summed E-state index contributed by atoms with van der Waals surface area (Å²) in [6.45, 7) is 0.674. The zero-order valence-corrected chi connectivity index (χ0v) is 12.1. The van der Waals surface area contributed by atoms with Crippen molar-refractivity contribution in [1.82, 2.24) is 0 Å². The number of benzene rings is 1. The van der Waals surface area contributed by atoms with Crippen molar-refractivity contribution in [2.24, 2.45) is 5.73 Å². The van der Waals surface area contributed by atoms with E-state index in [1.165, 1.54) is 5.56 Å². The molecule has 0 aliphatic heterocycles. The second-order valence-corrected chi connectivity index (χ2v) is 6.20. The third-order valence-electron chi connectivity index (χ3n) is 3.86. The van der Waals surface area contributed by atoms with Crippen molar-refractivity contribution >= 4 is 15.9 Å². The first-order valence-electron chi connectivity index (χ1n) is 6.43. The van der Waals surface area contributed by atoms with E-state index >= 15 is 0 Å². The van der Waals surface area contributed by atoms with Crippen molar-refractivity contribution in [1.29, 1.82) is 0 Å². The van der Waals surface area contributed by atoms with Crippen molar-refractivity contribution in [3.8, 4) is 11.5 Å². The van der Waals surface area contributed by atoms with Gasteiger partial charge in [-0.15, -0.1) is 0 Å². The first kappa shape index (κ1) is 12.3. The summed E-state index contributed by atoms with van der Waals surface area (Å²) < 4.78 is 12.6. The first-order valence-corrected chi connectivity index (χ1v) is 7.22. The zero-order valence-electron chi connectivity index (χ0n) is 10.5. The van der Waals surface area contributed by atoms with Crippen LogP contribution >= 0.6 is 15.9 Å². The third-order valence-corrected chi connectivity index (χ3v) is 4.32. The van der Waals surface area contributed by atoms with Gasteiger partial charge in [0.15, 0.2) is 11.5 Å². The van der Waals surface area contributed by atoms with Gasteiger partial charge in [0, 0.05) is 22.0 Å². The van der Waals surface area contributed by atoms with E-state index in [1.54, 1.807) is 7.11 Å². The smallest absolute Gasteiger partial charge is 0.165 e. The van der Waals surface area contributed by atoms with Gasteiger partial charge in [-0.3, -0.25) is 0 Å². The van der Waals surface area contributed by atoms with E-state index in [9.17, 15) is 0 Å². The van der Waals surface area contributed by atoms with Gasteiger partial charge in [0.25, 0.3) is 0 Å². The first-order chi connectivity index (χ1) is 8.68. The van der Waals surface area contributed by atoms with Crippen LogP contribution in [-0.4, -0.2) is 19.8 Å². The van der Waals surface area contributed by atoms with Gasteiger partial charge in [0.2, 0.25) is 0 Å². The van der Waals surface area contributed by atoms with E-state index in [4.69, 9.17) is 15.2 Å². The molecular formula is C14H18BrNO2. The summed E-state index contributed by atoms with van der Waals surface area (Å²) >= 11 is 3.54. The highest BCUT2D eigenvalue weighted by Gasteiger charge is 2.46. The van der Waals surface area contributed by atoms with Crippen LogP contribution in [0.4, 0.5) is 0 Å². The van der Waals surface area contributed by atoms with E-state index in [2.05, 4.69) is 22.0 Å². The van der Waals surface area contributed by atoms with Gasteiger partial charge in [0.1, 0.15) is 0 Å². The lowest BCUT2D eigenvalue weighted by molar-refractivity contribution is 0.276. The van der Waals surface area contributed by atoms with E-state index < -0.39 is 0 Å². The molecule has 0 saturated heterocycles. The minimum atomic E-state index is 0.112. The Balaban J connectivity index is 2.05. The summed E-state index contributed by atoms with van der Waals surface area (Å²) in [7, 11) is 1.69. The molecule has 0 aromatic heterocycles. The fraction of sp³-hybridized carbons (Fsp3) is 0.571. The Morgan fingerprint density at radius 2 is 2.11 bits per heavy atom. The van der Waals surface area contributed by atoms with Crippen LogP contribution in [-0.2, 0) is 5.41 Å². The molecular weight excluding hydrogens is 294 g/mol. The minimum Gasteiger partial charge on any atom is -0.493 e. The molecule has 18 heavy (non-hydrogen) atoms. The summed E-state index contributed by atoms with van der Waals surface area (Å²) in [6.07, 6.45) is 4.95. The van der Waals surface area contributed by atoms with Crippen LogP contribution in [0.5, 0.6) is 11.5 Å². The van der Waals surface area contributed by atoms with E-state index in [1.807, 2.05) is 6.07 Å². The summed E-state index contributed by atoms with van der Waals surface area (Å²) in [4.78, 5) is 0. The van der Waals surface area contributed by atoms with Gasteiger partial charge in [0.05, 0.1) is 13.2 Å². The number of hydrogen-bond acceptors (Lipinski definition) is 3. The highest BCUT2D eigenvalue weighted by Crippen LogP contribution is 2.54. The average Bonchev–Trinajstić information content (AvgIpc) is 3.25. The quantitative estimate of drug-likeness (QED) is 0.909. The zero-order chi connectivity index (χ0) is 12.8. The number of hydrogen-bond donors (Lipinski definition) is 1. The minimum absolute atomic E-state index is 0.112. The molecule has 4 heteroatoms. The molecule has 0 heterocycles. The molecule has 0 atom stereocenters. The van der Waals surface area contributed by atoms with E-state index in [0.29, 0.717) is 12.6 Å². The van der Waals surface area contributed by atoms with Gasteiger partial charge < -0.3 is 15.2 Å². The van der Waals surface area contributed by atoms with Crippen LogP contribution in [0.1, 0.15) is 31.2 Å². The molecule has 1 aromatic carbocycles.